The first kappa shape index (κ1) is 13.7. The van der Waals surface area contributed by atoms with Gasteiger partial charge in [0.15, 0.2) is 10.8 Å². The van der Waals surface area contributed by atoms with Crippen LogP contribution in [-0.2, 0) is 7.05 Å². The van der Waals surface area contributed by atoms with Crippen molar-refractivity contribution in [1.29, 1.82) is 0 Å². The molecule has 0 saturated heterocycles. The molecule has 0 fully saturated rings. The molecule has 7 heteroatoms. The first-order chi connectivity index (χ1) is 10.1. The third-order valence-electron chi connectivity index (χ3n) is 3.24. The van der Waals surface area contributed by atoms with Gasteiger partial charge < -0.3 is 10.5 Å². The molecular formula is C14H15N5OS. The van der Waals surface area contributed by atoms with Crippen molar-refractivity contribution in [3.8, 4) is 17.0 Å². The number of rotatable bonds is 3. The largest absolute Gasteiger partial charge is 0.497 e. The van der Waals surface area contributed by atoms with Gasteiger partial charge in [-0.2, -0.15) is 5.10 Å². The van der Waals surface area contributed by atoms with Crippen molar-refractivity contribution >= 4 is 28.6 Å². The van der Waals surface area contributed by atoms with Gasteiger partial charge in [0.2, 0.25) is 0 Å². The number of benzene rings is 1. The Hall–Kier alpha value is -2.28. The maximum Gasteiger partial charge on any atom is 0.190 e. The van der Waals surface area contributed by atoms with Crippen LogP contribution in [0.5, 0.6) is 5.75 Å². The molecule has 6 nitrogen and oxygen atoms in total. The zero-order valence-electron chi connectivity index (χ0n) is 12.0. The average molecular weight is 301 g/mol. The van der Waals surface area contributed by atoms with E-state index in [1.807, 2.05) is 30.5 Å². The number of aryl methyl sites for hydroxylation is 1. The highest BCUT2D eigenvalue weighted by atomic mass is 32.2. The minimum absolute atomic E-state index is 0.551. The Morgan fingerprint density at radius 3 is 2.81 bits per heavy atom. The summed E-state index contributed by atoms with van der Waals surface area (Å²) >= 11 is 1.47. The minimum Gasteiger partial charge on any atom is -0.497 e. The van der Waals surface area contributed by atoms with E-state index in [4.69, 9.17) is 10.5 Å². The van der Waals surface area contributed by atoms with Crippen LogP contribution in [-0.4, -0.2) is 33.1 Å². The number of anilines is 1. The lowest BCUT2D eigenvalue weighted by atomic mass is 10.1. The van der Waals surface area contributed by atoms with Gasteiger partial charge in [-0.3, -0.25) is 4.68 Å². The summed E-state index contributed by atoms with van der Waals surface area (Å²) in [4.78, 5) is 9.01. The fraction of sp³-hybridized carbons (Fsp3) is 0.214. The van der Waals surface area contributed by atoms with E-state index in [-0.39, 0.29) is 0 Å². The fourth-order valence-corrected chi connectivity index (χ4v) is 2.53. The molecule has 0 amide bonds. The van der Waals surface area contributed by atoms with E-state index in [0.29, 0.717) is 16.6 Å². The van der Waals surface area contributed by atoms with Crippen LogP contribution in [0.4, 0.5) is 5.82 Å². The standard InChI is InChI=1S/C14H15N5OS/c1-19-12(15)10-11(8-5-4-6-9(7-8)20-2)16-14(21-3)17-13(10)18-19/h4-7H,15H2,1-3H3. The predicted molar refractivity (Wildman–Crippen MR) is 84.5 cm³/mol. The third kappa shape index (κ3) is 2.29. The molecule has 0 aliphatic heterocycles. The van der Waals surface area contributed by atoms with E-state index in [9.17, 15) is 0 Å². The van der Waals surface area contributed by atoms with Gasteiger partial charge in [0.05, 0.1) is 18.2 Å². The maximum atomic E-state index is 6.12. The number of methoxy groups -OCH3 is 1. The van der Waals surface area contributed by atoms with Gasteiger partial charge >= 0.3 is 0 Å². The van der Waals surface area contributed by atoms with Crippen LogP contribution >= 0.6 is 11.8 Å². The Morgan fingerprint density at radius 2 is 2.10 bits per heavy atom. The number of ether oxygens (including phenoxy) is 1. The molecule has 1 aromatic carbocycles. The summed E-state index contributed by atoms with van der Waals surface area (Å²) < 4.78 is 6.90. The second-order valence-electron chi connectivity index (χ2n) is 4.50. The van der Waals surface area contributed by atoms with E-state index >= 15 is 0 Å². The van der Waals surface area contributed by atoms with Crippen LogP contribution < -0.4 is 10.5 Å². The van der Waals surface area contributed by atoms with Crippen LogP contribution in [0.3, 0.4) is 0 Å². The molecular weight excluding hydrogens is 286 g/mol. The van der Waals surface area contributed by atoms with Crippen molar-refractivity contribution in [2.24, 2.45) is 7.05 Å². The van der Waals surface area contributed by atoms with Crippen LogP contribution in [0.2, 0.25) is 0 Å². The van der Waals surface area contributed by atoms with Crippen molar-refractivity contribution in [1.82, 2.24) is 19.7 Å². The number of thioether (sulfide) groups is 1. The van der Waals surface area contributed by atoms with Crippen LogP contribution in [0.15, 0.2) is 29.4 Å². The summed E-state index contributed by atoms with van der Waals surface area (Å²) in [6, 6.07) is 7.72. The molecule has 0 radical (unpaired) electrons. The Bertz CT molecular complexity index is 814. The Balaban J connectivity index is 2.33. The number of hydrogen-bond acceptors (Lipinski definition) is 6. The van der Waals surface area contributed by atoms with Crippen LogP contribution in [0.1, 0.15) is 0 Å². The molecule has 21 heavy (non-hydrogen) atoms. The monoisotopic (exact) mass is 301 g/mol. The van der Waals surface area contributed by atoms with Crippen LogP contribution in [0, 0.1) is 0 Å². The van der Waals surface area contributed by atoms with E-state index in [0.717, 1.165) is 22.4 Å². The SMILES string of the molecule is COc1cccc(-c2nc(SC)nc3nn(C)c(N)c23)c1. The minimum atomic E-state index is 0.551. The quantitative estimate of drug-likeness (QED) is 0.591. The Labute approximate surface area is 126 Å². The molecule has 0 unspecified atom stereocenters. The lowest BCUT2D eigenvalue weighted by molar-refractivity contribution is 0.415. The summed E-state index contributed by atoms with van der Waals surface area (Å²) in [6.07, 6.45) is 1.93. The van der Waals surface area contributed by atoms with Crippen molar-refractivity contribution < 1.29 is 4.74 Å². The number of hydrogen-bond donors (Lipinski definition) is 1. The number of nitrogens with two attached hydrogens (primary N) is 1. The lowest BCUT2D eigenvalue weighted by Crippen LogP contribution is -1.97. The fourth-order valence-electron chi connectivity index (χ4n) is 2.17. The van der Waals surface area contributed by atoms with Gasteiger partial charge in [0.25, 0.3) is 0 Å². The summed E-state index contributed by atoms with van der Waals surface area (Å²) in [5, 5.41) is 5.78. The number of fused-ring (bicyclic) bond motifs is 1. The van der Waals surface area contributed by atoms with Crippen molar-refractivity contribution in [2.45, 2.75) is 5.16 Å². The molecule has 2 aromatic heterocycles. The zero-order valence-corrected chi connectivity index (χ0v) is 12.8. The van der Waals surface area contributed by atoms with E-state index in [1.165, 1.54) is 11.8 Å². The molecule has 0 aliphatic rings. The lowest BCUT2D eigenvalue weighted by Gasteiger charge is -2.07. The van der Waals surface area contributed by atoms with Gasteiger partial charge in [-0.05, 0) is 18.4 Å². The van der Waals surface area contributed by atoms with E-state index in [2.05, 4.69) is 15.1 Å². The summed E-state index contributed by atoms with van der Waals surface area (Å²) in [7, 11) is 3.44. The second-order valence-corrected chi connectivity index (χ2v) is 5.27. The number of nitrogen functional groups attached to an aromatic ring is 1. The predicted octanol–water partition coefficient (Wildman–Crippen LogP) is 2.34. The average Bonchev–Trinajstić information content (AvgIpc) is 2.81. The molecule has 0 spiro atoms. The van der Waals surface area contributed by atoms with Gasteiger partial charge in [0.1, 0.15) is 11.6 Å². The third-order valence-corrected chi connectivity index (χ3v) is 3.79. The van der Waals surface area contributed by atoms with Gasteiger partial charge in [-0.15, -0.1) is 0 Å². The Kier molecular flexibility index (Phi) is 3.42. The second kappa shape index (κ2) is 5.25. The highest BCUT2D eigenvalue weighted by molar-refractivity contribution is 7.98. The van der Waals surface area contributed by atoms with E-state index < -0.39 is 0 Å². The Morgan fingerprint density at radius 1 is 1.29 bits per heavy atom. The smallest absolute Gasteiger partial charge is 0.190 e. The molecule has 108 valence electrons. The first-order valence-electron chi connectivity index (χ1n) is 6.32. The summed E-state index contributed by atoms with van der Waals surface area (Å²) in [6.45, 7) is 0. The maximum absolute atomic E-state index is 6.12. The molecule has 0 atom stereocenters. The summed E-state index contributed by atoms with van der Waals surface area (Å²) in [5.41, 5.74) is 8.42. The molecule has 2 heterocycles. The molecule has 3 rings (SSSR count). The van der Waals surface area contributed by atoms with Gasteiger partial charge in [-0.1, -0.05) is 23.9 Å². The van der Waals surface area contributed by atoms with Gasteiger partial charge in [-0.25, -0.2) is 9.97 Å². The molecule has 2 N–H and O–H groups in total. The normalized spacial score (nSPS) is 11.0. The van der Waals surface area contributed by atoms with Crippen molar-refractivity contribution in [2.75, 3.05) is 19.1 Å². The first-order valence-corrected chi connectivity index (χ1v) is 7.55. The van der Waals surface area contributed by atoms with Crippen molar-refractivity contribution in [3.05, 3.63) is 24.3 Å². The van der Waals surface area contributed by atoms with Crippen LogP contribution in [0.25, 0.3) is 22.3 Å². The topological polar surface area (TPSA) is 78.9 Å². The highest BCUT2D eigenvalue weighted by Gasteiger charge is 2.17. The molecule has 0 bridgehead atoms. The zero-order chi connectivity index (χ0) is 15.0. The van der Waals surface area contributed by atoms with Gasteiger partial charge in [0, 0.05) is 12.6 Å². The highest BCUT2D eigenvalue weighted by Crippen LogP contribution is 2.32. The van der Waals surface area contributed by atoms with Crippen molar-refractivity contribution in [3.63, 3.8) is 0 Å². The number of aromatic nitrogens is 4. The molecule has 0 saturated carbocycles. The van der Waals surface area contributed by atoms with E-state index in [1.54, 1.807) is 18.8 Å². The summed E-state index contributed by atoms with van der Waals surface area (Å²) in [5.74, 6) is 1.32. The molecule has 0 aliphatic carbocycles. The number of nitrogens with zero attached hydrogens (tertiary/aromatic N) is 4. The molecule has 3 aromatic rings.